The molecule has 0 aliphatic carbocycles. The second-order valence-corrected chi connectivity index (χ2v) is 4.74. The molecule has 7 heteroatoms. The number of hydrogen-bond donors (Lipinski definition) is 1. The van der Waals surface area contributed by atoms with Crippen LogP contribution < -0.4 is 5.32 Å². The van der Waals surface area contributed by atoms with Crippen LogP contribution in [0.25, 0.3) is 0 Å². The van der Waals surface area contributed by atoms with E-state index < -0.39 is 12.7 Å². The number of likely N-dealkylation sites (tertiary alicyclic amines) is 1. The zero-order valence-corrected chi connectivity index (χ0v) is 10.9. The fraction of sp³-hybridized carbons (Fsp3) is 0.538. The Balaban J connectivity index is 1.92. The molecule has 1 unspecified atom stereocenters. The van der Waals surface area contributed by atoms with E-state index in [0.717, 1.165) is 18.4 Å². The van der Waals surface area contributed by atoms with Gasteiger partial charge in [0, 0.05) is 18.9 Å². The Bertz CT molecular complexity index is 450. The van der Waals surface area contributed by atoms with Gasteiger partial charge in [0.25, 0.3) is 0 Å². The van der Waals surface area contributed by atoms with Gasteiger partial charge >= 0.3 is 6.18 Å². The first-order valence-electron chi connectivity index (χ1n) is 6.44. The second-order valence-electron chi connectivity index (χ2n) is 4.74. The number of halogens is 3. The molecule has 0 spiro atoms. The van der Waals surface area contributed by atoms with Crippen LogP contribution in [0.4, 0.5) is 13.2 Å². The summed E-state index contributed by atoms with van der Waals surface area (Å²) in [7, 11) is 0. The quantitative estimate of drug-likeness (QED) is 0.920. The van der Waals surface area contributed by atoms with Crippen LogP contribution in [0.2, 0.25) is 0 Å². The highest BCUT2D eigenvalue weighted by atomic mass is 19.4. The fourth-order valence-corrected chi connectivity index (χ4v) is 2.41. The molecule has 1 aromatic rings. The lowest BCUT2D eigenvalue weighted by atomic mass is 10.1. The first-order chi connectivity index (χ1) is 9.47. The number of nitrogens with zero attached hydrogens (tertiary/aromatic N) is 2. The molecule has 1 N–H and O–H groups in total. The average Bonchev–Trinajstić information content (AvgIpc) is 2.87. The van der Waals surface area contributed by atoms with Crippen LogP contribution in [0.3, 0.4) is 0 Å². The number of aromatic nitrogens is 1. The molecule has 1 aliphatic heterocycles. The summed E-state index contributed by atoms with van der Waals surface area (Å²) in [6.07, 6.45) is 0.694. The molecular weight excluding hydrogens is 271 g/mol. The average molecular weight is 287 g/mol. The van der Waals surface area contributed by atoms with Gasteiger partial charge in [-0.2, -0.15) is 13.2 Å². The van der Waals surface area contributed by atoms with Gasteiger partial charge in [0.15, 0.2) is 0 Å². The van der Waals surface area contributed by atoms with E-state index in [1.54, 1.807) is 17.3 Å². The third kappa shape index (κ3) is 3.93. The molecular formula is C13H16F3N3O. The summed E-state index contributed by atoms with van der Waals surface area (Å²) in [6, 6.07) is 3.61. The number of rotatable bonds is 4. The maximum Gasteiger partial charge on any atom is 0.401 e. The van der Waals surface area contributed by atoms with E-state index in [1.165, 1.54) is 0 Å². The summed E-state index contributed by atoms with van der Waals surface area (Å²) in [5, 5.41) is 2.15. The number of carbonyl (C=O) groups excluding carboxylic acids is 1. The van der Waals surface area contributed by atoms with E-state index >= 15 is 0 Å². The highest BCUT2D eigenvalue weighted by molar-refractivity contribution is 5.79. The molecule has 110 valence electrons. The molecule has 0 bridgehead atoms. The molecule has 1 atom stereocenters. The van der Waals surface area contributed by atoms with Crippen molar-refractivity contribution < 1.29 is 18.0 Å². The van der Waals surface area contributed by atoms with Crippen LogP contribution in [-0.4, -0.2) is 41.6 Å². The zero-order valence-electron chi connectivity index (χ0n) is 10.9. The summed E-state index contributed by atoms with van der Waals surface area (Å²) in [6.45, 7) is -0.854. The number of nitrogens with one attached hydrogen (secondary N) is 1. The maximum absolute atomic E-state index is 12.0. The molecule has 0 aromatic carbocycles. The highest BCUT2D eigenvalue weighted by Crippen LogP contribution is 2.31. The van der Waals surface area contributed by atoms with Gasteiger partial charge in [0.1, 0.15) is 0 Å². The Morgan fingerprint density at radius 1 is 1.40 bits per heavy atom. The zero-order chi connectivity index (χ0) is 14.6. The van der Waals surface area contributed by atoms with Crippen LogP contribution in [0.5, 0.6) is 0 Å². The first-order valence-corrected chi connectivity index (χ1v) is 6.44. The molecule has 1 amide bonds. The molecule has 2 heterocycles. The first kappa shape index (κ1) is 14.8. The van der Waals surface area contributed by atoms with Crippen molar-refractivity contribution in [2.45, 2.75) is 25.1 Å². The predicted molar refractivity (Wildman–Crippen MR) is 66.8 cm³/mol. The monoisotopic (exact) mass is 287 g/mol. The van der Waals surface area contributed by atoms with Crippen LogP contribution in [-0.2, 0) is 4.79 Å². The Morgan fingerprint density at radius 2 is 2.10 bits per heavy atom. The number of carbonyl (C=O) groups is 1. The predicted octanol–water partition coefficient (Wildman–Crippen LogP) is 1.90. The van der Waals surface area contributed by atoms with Crippen LogP contribution in [0, 0.1) is 0 Å². The van der Waals surface area contributed by atoms with E-state index in [-0.39, 0.29) is 18.5 Å². The van der Waals surface area contributed by atoms with Crippen molar-refractivity contribution >= 4 is 5.91 Å². The summed E-state index contributed by atoms with van der Waals surface area (Å²) >= 11 is 0. The van der Waals surface area contributed by atoms with Crippen LogP contribution >= 0.6 is 0 Å². The van der Waals surface area contributed by atoms with Crippen molar-refractivity contribution in [1.82, 2.24) is 15.2 Å². The molecule has 1 aromatic heterocycles. The van der Waals surface area contributed by atoms with Crippen LogP contribution in [0.15, 0.2) is 24.5 Å². The molecule has 1 aliphatic rings. The Labute approximate surface area is 115 Å². The van der Waals surface area contributed by atoms with Gasteiger partial charge in [-0.15, -0.1) is 0 Å². The summed E-state index contributed by atoms with van der Waals surface area (Å²) < 4.78 is 36.1. The normalized spacial score (nSPS) is 19.4. The number of alkyl halides is 3. The minimum absolute atomic E-state index is 0.0572. The third-order valence-electron chi connectivity index (χ3n) is 3.27. The molecule has 0 saturated carbocycles. The van der Waals surface area contributed by atoms with Gasteiger partial charge in [-0.25, -0.2) is 0 Å². The molecule has 20 heavy (non-hydrogen) atoms. The summed E-state index contributed by atoms with van der Waals surface area (Å²) in [5.74, 6) is -0.298. The van der Waals surface area contributed by atoms with Crippen molar-refractivity contribution in [3.63, 3.8) is 0 Å². The SMILES string of the molecule is O=C(CNCC(F)(F)F)N1CCCC1c1ccncc1. The van der Waals surface area contributed by atoms with E-state index in [2.05, 4.69) is 10.3 Å². The van der Waals surface area contributed by atoms with Crippen molar-refractivity contribution in [2.75, 3.05) is 19.6 Å². The Morgan fingerprint density at radius 3 is 2.75 bits per heavy atom. The van der Waals surface area contributed by atoms with E-state index in [9.17, 15) is 18.0 Å². The lowest BCUT2D eigenvalue weighted by Crippen LogP contribution is -2.40. The second kappa shape index (κ2) is 6.21. The van der Waals surface area contributed by atoms with Crippen molar-refractivity contribution in [1.29, 1.82) is 0 Å². The molecule has 2 rings (SSSR count). The topological polar surface area (TPSA) is 45.2 Å². The number of hydrogen-bond acceptors (Lipinski definition) is 3. The molecule has 1 fully saturated rings. The van der Waals surface area contributed by atoms with Gasteiger partial charge < -0.3 is 10.2 Å². The fourth-order valence-electron chi connectivity index (χ4n) is 2.41. The van der Waals surface area contributed by atoms with Crippen molar-refractivity contribution in [3.8, 4) is 0 Å². The van der Waals surface area contributed by atoms with E-state index in [1.807, 2.05) is 12.1 Å². The van der Waals surface area contributed by atoms with Gasteiger partial charge in [0.05, 0.1) is 19.1 Å². The van der Waals surface area contributed by atoms with Crippen molar-refractivity contribution in [3.05, 3.63) is 30.1 Å². The third-order valence-corrected chi connectivity index (χ3v) is 3.27. The van der Waals surface area contributed by atoms with E-state index in [0.29, 0.717) is 6.54 Å². The van der Waals surface area contributed by atoms with Gasteiger partial charge in [-0.3, -0.25) is 9.78 Å². The Kier molecular flexibility index (Phi) is 4.59. The summed E-state index contributed by atoms with van der Waals surface area (Å²) in [4.78, 5) is 17.6. The standard InChI is InChI=1S/C13H16F3N3O/c14-13(15,16)9-18-8-12(20)19-7-1-2-11(19)10-3-5-17-6-4-10/h3-6,11,18H,1-2,7-9H2. The molecule has 0 radical (unpaired) electrons. The summed E-state index contributed by atoms with van der Waals surface area (Å²) in [5.41, 5.74) is 0.974. The van der Waals surface area contributed by atoms with Gasteiger partial charge in [0.2, 0.25) is 5.91 Å². The van der Waals surface area contributed by atoms with Crippen molar-refractivity contribution in [2.24, 2.45) is 0 Å². The molecule has 4 nitrogen and oxygen atoms in total. The smallest absolute Gasteiger partial charge is 0.335 e. The largest absolute Gasteiger partial charge is 0.401 e. The minimum Gasteiger partial charge on any atom is -0.335 e. The number of pyridine rings is 1. The van der Waals surface area contributed by atoms with E-state index in [4.69, 9.17) is 0 Å². The Hall–Kier alpha value is -1.63. The highest BCUT2D eigenvalue weighted by Gasteiger charge is 2.31. The lowest BCUT2D eigenvalue weighted by molar-refractivity contribution is -0.134. The van der Waals surface area contributed by atoms with Gasteiger partial charge in [-0.05, 0) is 30.5 Å². The van der Waals surface area contributed by atoms with Crippen LogP contribution in [0.1, 0.15) is 24.4 Å². The lowest BCUT2D eigenvalue weighted by Gasteiger charge is -2.25. The van der Waals surface area contributed by atoms with Gasteiger partial charge in [-0.1, -0.05) is 0 Å². The number of amides is 1. The minimum atomic E-state index is -4.30. The molecule has 1 saturated heterocycles. The maximum atomic E-state index is 12.0.